The topological polar surface area (TPSA) is 64.1 Å². The van der Waals surface area contributed by atoms with Crippen molar-refractivity contribution in [3.05, 3.63) is 89.4 Å². The predicted molar refractivity (Wildman–Crippen MR) is 105 cm³/mol. The average Bonchev–Trinajstić information content (AvgIpc) is 2.70. The van der Waals surface area contributed by atoms with Crippen molar-refractivity contribution in [1.29, 1.82) is 0 Å². The van der Waals surface area contributed by atoms with Crippen LogP contribution in [-0.4, -0.2) is 15.9 Å². The van der Waals surface area contributed by atoms with Crippen LogP contribution in [-0.2, 0) is 0 Å². The van der Waals surface area contributed by atoms with Crippen LogP contribution >= 0.6 is 11.6 Å². The Bertz CT molecular complexity index is 1100. The molecule has 6 heteroatoms. The van der Waals surface area contributed by atoms with Gasteiger partial charge in [-0.2, -0.15) is 4.98 Å². The zero-order chi connectivity index (χ0) is 18.6. The van der Waals surface area contributed by atoms with Gasteiger partial charge in [-0.15, -0.1) is 0 Å². The maximum absolute atomic E-state index is 12.3. The smallest absolute Gasteiger partial charge is 0.256 e. The molecular weight excluding hydrogens is 362 g/mol. The van der Waals surface area contributed by atoms with Gasteiger partial charge in [-0.05, 0) is 54.6 Å². The monoisotopic (exact) mass is 375 g/mol. The van der Waals surface area contributed by atoms with Gasteiger partial charge in [0.2, 0.25) is 5.88 Å². The van der Waals surface area contributed by atoms with E-state index in [1.54, 1.807) is 48.5 Å². The Morgan fingerprint density at radius 1 is 0.852 bits per heavy atom. The van der Waals surface area contributed by atoms with Crippen LogP contribution < -0.4 is 10.1 Å². The van der Waals surface area contributed by atoms with Crippen molar-refractivity contribution in [2.75, 3.05) is 5.32 Å². The average molecular weight is 376 g/mol. The Labute approximate surface area is 160 Å². The second-order valence-electron chi connectivity index (χ2n) is 5.77. The van der Waals surface area contributed by atoms with Crippen molar-refractivity contribution in [2.24, 2.45) is 0 Å². The quantitative estimate of drug-likeness (QED) is 0.523. The van der Waals surface area contributed by atoms with E-state index in [0.717, 1.165) is 5.39 Å². The number of rotatable bonds is 4. The molecule has 5 nitrogen and oxygen atoms in total. The summed E-state index contributed by atoms with van der Waals surface area (Å²) in [6.45, 7) is 0. The molecule has 1 N–H and O–H groups in total. The first-order chi connectivity index (χ1) is 13.2. The number of carbonyl (C=O) groups is 1. The highest BCUT2D eigenvalue weighted by atomic mass is 35.5. The second kappa shape index (κ2) is 7.43. The van der Waals surface area contributed by atoms with Gasteiger partial charge in [-0.25, -0.2) is 4.98 Å². The number of ether oxygens (including phenoxy) is 1. The highest BCUT2D eigenvalue weighted by molar-refractivity contribution is 6.30. The van der Waals surface area contributed by atoms with Gasteiger partial charge in [0.1, 0.15) is 11.6 Å². The molecule has 0 radical (unpaired) electrons. The molecule has 0 aliphatic rings. The molecule has 2 aromatic heterocycles. The lowest BCUT2D eigenvalue weighted by Gasteiger charge is -2.08. The third kappa shape index (κ3) is 4.04. The minimum absolute atomic E-state index is 0.226. The molecular formula is C21H14ClN3O2. The van der Waals surface area contributed by atoms with Gasteiger partial charge in [0.15, 0.2) is 5.65 Å². The molecule has 1 amide bonds. The lowest BCUT2D eigenvalue weighted by Crippen LogP contribution is -2.12. The summed E-state index contributed by atoms with van der Waals surface area (Å²) in [6.07, 6.45) is 0. The molecule has 0 unspecified atom stereocenters. The summed E-state index contributed by atoms with van der Waals surface area (Å²) in [5.74, 6) is 1.23. The lowest BCUT2D eigenvalue weighted by molar-refractivity contribution is 0.102. The molecule has 4 aromatic rings. The molecule has 2 heterocycles. The maximum Gasteiger partial charge on any atom is 0.256 e. The van der Waals surface area contributed by atoms with Gasteiger partial charge in [0.25, 0.3) is 5.91 Å². The van der Waals surface area contributed by atoms with Crippen LogP contribution in [0.3, 0.4) is 0 Å². The third-order valence-electron chi connectivity index (χ3n) is 3.84. The number of amides is 1. The molecule has 0 spiro atoms. The molecule has 0 aliphatic carbocycles. The molecule has 0 aliphatic heterocycles. The summed E-state index contributed by atoms with van der Waals surface area (Å²) in [5, 5.41) is 4.26. The number of benzene rings is 2. The molecule has 0 fully saturated rings. The number of hydrogen-bond donors (Lipinski definition) is 1. The van der Waals surface area contributed by atoms with Gasteiger partial charge >= 0.3 is 0 Å². The van der Waals surface area contributed by atoms with Gasteiger partial charge in [0, 0.05) is 22.0 Å². The van der Waals surface area contributed by atoms with E-state index in [0.29, 0.717) is 33.7 Å². The zero-order valence-electron chi connectivity index (χ0n) is 14.1. The Balaban J connectivity index is 1.57. The first-order valence-electron chi connectivity index (χ1n) is 8.25. The van der Waals surface area contributed by atoms with E-state index in [-0.39, 0.29) is 5.91 Å². The van der Waals surface area contributed by atoms with E-state index in [4.69, 9.17) is 16.3 Å². The van der Waals surface area contributed by atoms with Crippen molar-refractivity contribution in [2.45, 2.75) is 0 Å². The van der Waals surface area contributed by atoms with Crippen LogP contribution in [0.4, 0.5) is 5.82 Å². The largest absolute Gasteiger partial charge is 0.439 e. The minimum atomic E-state index is -0.226. The number of aromatic nitrogens is 2. The number of hydrogen-bond acceptors (Lipinski definition) is 4. The van der Waals surface area contributed by atoms with Crippen molar-refractivity contribution in [3.8, 4) is 11.6 Å². The molecule has 2 aromatic carbocycles. The van der Waals surface area contributed by atoms with E-state index in [1.807, 2.05) is 30.3 Å². The van der Waals surface area contributed by atoms with Gasteiger partial charge < -0.3 is 10.1 Å². The number of nitrogens with zero attached hydrogens (tertiary/aromatic N) is 2. The molecule has 0 atom stereocenters. The standard InChI is InChI=1S/C21H14ClN3O2/c22-16-8-10-17(11-9-16)27-19-13-7-14-6-12-18(23-20(14)25-19)24-21(26)15-4-2-1-3-5-15/h1-13H,(H,23,24,25,26). The van der Waals surface area contributed by atoms with E-state index in [1.165, 1.54) is 0 Å². The first-order valence-corrected chi connectivity index (χ1v) is 8.63. The maximum atomic E-state index is 12.3. The molecule has 27 heavy (non-hydrogen) atoms. The van der Waals surface area contributed by atoms with E-state index in [2.05, 4.69) is 15.3 Å². The van der Waals surface area contributed by atoms with Crippen LogP contribution in [0.2, 0.25) is 5.02 Å². The summed E-state index contributed by atoms with van der Waals surface area (Å²) in [7, 11) is 0. The summed E-state index contributed by atoms with van der Waals surface area (Å²) < 4.78 is 5.73. The molecule has 0 saturated heterocycles. The fourth-order valence-electron chi connectivity index (χ4n) is 2.51. The van der Waals surface area contributed by atoms with Crippen LogP contribution in [0.5, 0.6) is 11.6 Å². The highest BCUT2D eigenvalue weighted by Gasteiger charge is 2.08. The van der Waals surface area contributed by atoms with Crippen LogP contribution in [0.15, 0.2) is 78.9 Å². The molecule has 0 saturated carbocycles. The summed E-state index contributed by atoms with van der Waals surface area (Å²) in [4.78, 5) is 21.1. The van der Waals surface area contributed by atoms with E-state index >= 15 is 0 Å². The summed E-state index contributed by atoms with van der Waals surface area (Å²) >= 11 is 5.88. The number of pyridine rings is 2. The van der Waals surface area contributed by atoms with Gasteiger partial charge in [0.05, 0.1) is 0 Å². The van der Waals surface area contributed by atoms with Crippen molar-refractivity contribution >= 4 is 34.4 Å². The third-order valence-corrected chi connectivity index (χ3v) is 4.09. The Hall–Kier alpha value is -3.44. The van der Waals surface area contributed by atoms with Crippen LogP contribution in [0.25, 0.3) is 11.0 Å². The van der Waals surface area contributed by atoms with Crippen LogP contribution in [0.1, 0.15) is 10.4 Å². The van der Waals surface area contributed by atoms with Gasteiger partial charge in [-0.1, -0.05) is 29.8 Å². The Kier molecular flexibility index (Phi) is 4.68. The molecule has 4 rings (SSSR count). The number of halogens is 1. The first kappa shape index (κ1) is 17.0. The second-order valence-corrected chi connectivity index (χ2v) is 6.21. The normalized spacial score (nSPS) is 10.6. The Morgan fingerprint density at radius 3 is 2.37 bits per heavy atom. The Morgan fingerprint density at radius 2 is 1.59 bits per heavy atom. The minimum Gasteiger partial charge on any atom is -0.439 e. The SMILES string of the molecule is O=C(Nc1ccc2ccc(Oc3ccc(Cl)cc3)nc2n1)c1ccccc1. The van der Waals surface area contributed by atoms with Crippen LogP contribution in [0, 0.1) is 0 Å². The fraction of sp³-hybridized carbons (Fsp3) is 0. The van der Waals surface area contributed by atoms with E-state index in [9.17, 15) is 4.79 Å². The number of fused-ring (bicyclic) bond motifs is 1. The number of carbonyl (C=O) groups excluding carboxylic acids is 1. The van der Waals surface area contributed by atoms with Crippen molar-refractivity contribution in [3.63, 3.8) is 0 Å². The fourth-order valence-corrected chi connectivity index (χ4v) is 2.64. The summed E-state index contributed by atoms with van der Waals surface area (Å²) in [5.41, 5.74) is 1.04. The predicted octanol–water partition coefficient (Wildman–Crippen LogP) is 5.33. The number of anilines is 1. The summed E-state index contributed by atoms with van der Waals surface area (Å²) in [6, 6.07) is 23.2. The highest BCUT2D eigenvalue weighted by Crippen LogP contribution is 2.24. The van der Waals surface area contributed by atoms with Gasteiger partial charge in [-0.3, -0.25) is 4.79 Å². The zero-order valence-corrected chi connectivity index (χ0v) is 14.9. The molecule has 0 bridgehead atoms. The van der Waals surface area contributed by atoms with E-state index < -0.39 is 0 Å². The molecule has 132 valence electrons. The van der Waals surface area contributed by atoms with Crippen molar-refractivity contribution in [1.82, 2.24) is 9.97 Å². The lowest BCUT2D eigenvalue weighted by atomic mass is 10.2. The van der Waals surface area contributed by atoms with Crippen molar-refractivity contribution < 1.29 is 9.53 Å². The number of nitrogens with one attached hydrogen (secondary N) is 1.